The highest BCUT2D eigenvalue weighted by molar-refractivity contribution is 6.74. The van der Waals surface area contributed by atoms with Gasteiger partial charge in [0.15, 0.2) is 20.3 Å². The van der Waals surface area contributed by atoms with E-state index >= 15 is 0 Å². The number of quaternary nitrogens is 1. The molecule has 0 spiro atoms. The molecule has 0 radical (unpaired) electrons. The monoisotopic (exact) mass is 461 g/mol. The van der Waals surface area contributed by atoms with Crippen molar-refractivity contribution in [3.63, 3.8) is 0 Å². The Morgan fingerprint density at radius 1 is 1.06 bits per heavy atom. The Balaban J connectivity index is 1.70. The van der Waals surface area contributed by atoms with E-state index in [9.17, 15) is 9.59 Å². The Morgan fingerprint density at radius 2 is 1.70 bits per heavy atom. The summed E-state index contributed by atoms with van der Waals surface area (Å²) in [5.74, 6) is -0.730. The van der Waals surface area contributed by atoms with Crippen LogP contribution in [-0.2, 0) is 20.6 Å². The number of carbonyl (C=O) groups is 2. The molecule has 0 bridgehead atoms. The molecular formula is C27H33N2O3Si+. The second kappa shape index (κ2) is 8.32. The van der Waals surface area contributed by atoms with Crippen LogP contribution in [0.3, 0.4) is 0 Å². The zero-order chi connectivity index (χ0) is 24.0. The number of rotatable bonds is 5. The average Bonchev–Trinajstić information content (AvgIpc) is 3.20. The Kier molecular flexibility index (Phi) is 5.94. The molecule has 4 atom stereocenters. The van der Waals surface area contributed by atoms with Crippen molar-refractivity contribution in [2.45, 2.75) is 69.9 Å². The second-order valence-electron chi connectivity index (χ2n) is 11.0. The maximum absolute atomic E-state index is 14.0. The molecule has 2 aliphatic heterocycles. The van der Waals surface area contributed by atoms with Gasteiger partial charge in [0.25, 0.3) is 0 Å². The molecule has 33 heavy (non-hydrogen) atoms. The molecule has 2 fully saturated rings. The van der Waals surface area contributed by atoms with Crippen molar-refractivity contribution in [1.29, 1.82) is 5.26 Å². The number of carbonyl (C=O) groups excluding carboxylic acids is 2. The first-order chi connectivity index (χ1) is 15.5. The van der Waals surface area contributed by atoms with Crippen molar-refractivity contribution in [2.24, 2.45) is 0 Å². The molecule has 1 amide bonds. The largest absolute Gasteiger partial charge is 0.408 e. The van der Waals surface area contributed by atoms with E-state index in [0.717, 1.165) is 11.1 Å². The lowest BCUT2D eigenvalue weighted by molar-refractivity contribution is -0.866. The first kappa shape index (κ1) is 23.6. The van der Waals surface area contributed by atoms with E-state index < -0.39 is 20.3 Å². The van der Waals surface area contributed by atoms with Gasteiger partial charge >= 0.3 is 5.91 Å². The molecule has 2 aromatic rings. The molecule has 6 heteroatoms. The van der Waals surface area contributed by atoms with Crippen LogP contribution >= 0.6 is 0 Å². The molecule has 172 valence electrons. The van der Waals surface area contributed by atoms with Gasteiger partial charge in [-0.3, -0.25) is 4.79 Å². The van der Waals surface area contributed by atoms with E-state index in [-0.39, 0.29) is 27.3 Å². The fraction of sp³-hybridized carbons (Fsp3) is 0.444. The fourth-order valence-corrected chi connectivity index (χ4v) is 6.44. The smallest absolute Gasteiger partial charge is 0.329 e. The number of ketones is 1. The van der Waals surface area contributed by atoms with Crippen LogP contribution in [0.5, 0.6) is 0 Å². The summed E-state index contributed by atoms with van der Waals surface area (Å²) in [5, 5.41) is 9.20. The average molecular weight is 462 g/mol. The van der Waals surface area contributed by atoms with Crippen LogP contribution in [0.25, 0.3) is 0 Å². The van der Waals surface area contributed by atoms with Crippen LogP contribution in [0, 0.1) is 11.3 Å². The molecule has 0 aromatic heterocycles. The minimum atomic E-state index is -2.05. The van der Waals surface area contributed by atoms with Gasteiger partial charge in [0.1, 0.15) is 19.2 Å². The van der Waals surface area contributed by atoms with Gasteiger partial charge in [-0.05, 0) is 35.8 Å². The van der Waals surface area contributed by atoms with Gasteiger partial charge in [0.05, 0.1) is 11.6 Å². The van der Waals surface area contributed by atoms with E-state index in [4.69, 9.17) is 9.69 Å². The third kappa shape index (κ3) is 4.10. The molecule has 4 rings (SSSR count). The summed E-state index contributed by atoms with van der Waals surface area (Å²) >= 11 is 0. The molecule has 2 aliphatic rings. The molecule has 4 unspecified atom stereocenters. The minimum Gasteiger partial charge on any atom is -0.408 e. The Labute approximate surface area is 197 Å². The lowest BCUT2D eigenvalue weighted by Crippen LogP contribution is -2.53. The first-order valence-electron chi connectivity index (χ1n) is 11.7. The maximum atomic E-state index is 14.0. The predicted octanol–water partition coefficient (Wildman–Crippen LogP) is 4.93. The summed E-state index contributed by atoms with van der Waals surface area (Å²) in [4.78, 5) is 27.7. The molecular weight excluding hydrogens is 428 g/mol. The van der Waals surface area contributed by atoms with Crippen molar-refractivity contribution in [3.05, 3.63) is 71.3 Å². The van der Waals surface area contributed by atoms with E-state index in [1.165, 1.54) is 0 Å². The van der Waals surface area contributed by atoms with Crippen LogP contribution < -0.4 is 0 Å². The van der Waals surface area contributed by atoms with Crippen molar-refractivity contribution in [2.75, 3.05) is 6.54 Å². The third-order valence-electron chi connectivity index (χ3n) is 7.86. The SMILES string of the molecule is CC(C)(C)[Si](C)(C)OC1CC2C(=O)C(c3ccccc3)C(=O)[N+]2(Cc2ccc(C#N)cc2)C1. The number of Topliss-reactive ketones (excluding diaryl/α,β-unsaturated/α-hetero) is 1. The van der Waals surface area contributed by atoms with Crippen molar-refractivity contribution in [3.8, 4) is 6.07 Å². The summed E-state index contributed by atoms with van der Waals surface area (Å²) < 4.78 is 6.83. The second-order valence-corrected chi connectivity index (χ2v) is 15.8. The van der Waals surface area contributed by atoms with Crippen LogP contribution in [0.2, 0.25) is 18.1 Å². The summed E-state index contributed by atoms with van der Waals surface area (Å²) in [6, 6.07) is 18.5. The van der Waals surface area contributed by atoms with Crippen LogP contribution in [0.4, 0.5) is 0 Å². The standard InChI is InChI=1S/C27H33N2O3Si/c1-27(2,3)33(4,5)32-22-15-23-25(30)24(21-9-7-6-8-10-21)26(31)29(23,18-22)17-20-13-11-19(16-28)12-14-20/h6-14,22-24H,15,17-18H2,1-5H3/q+1. The van der Waals surface area contributed by atoms with Gasteiger partial charge in [-0.2, -0.15) is 5.26 Å². The molecule has 0 saturated carbocycles. The number of benzene rings is 2. The van der Waals surface area contributed by atoms with Gasteiger partial charge < -0.3 is 4.43 Å². The molecule has 0 N–H and O–H groups in total. The van der Waals surface area contributed by atoms with Crippen LogP contribution in [0.15, 0.2) is 54.6 Å². The maximum Gasteiger partial charge on any atom is 0.329 e. The topological polar surface area (TPSA) is 67.2 Å². The Hall–Kier alpha value is -2.59. The van der Waals surface area contributed by atoms with Crippen molar-refractivity contribution in [1.82, 2.24) is 0 Å². The number of hydrogen-bond acceptors (Lipinski definition) is 4. The normalized spacial score (nSPS) is 27.5. The Morgan fingerprint density at radius 3 is 2.27 bits per heavy atom. The molecule has 2 aromatic carbocycles. The summed E-state index contributed by atoms with van der Waals surface area (Å²) in [6.45, 7) is 12.0. The highest BCUT2D eigenvalue weighted by atomic mass is 28.4. The Bertz CT molecular complexity index is 1100. The number of amides is 1. The molecule has 2 saturated heterocycles. The van der Waals surface area contributed by atoms with Crippen molar-refractivity contribution >= 4 is 20.0 Å². The summed E-state index contributed by atoms with van der Waals surface area (Å²) in [6.07, 6.45) is 0.468. The van der Waals surface area contributed by atoms with E-state index in [1.54, 1.807) is 12.1 Å². The van der Waals surface area contributed by atoms with Gasteiger partial charge in [-0.1, -0.05) is 63.2 Å². The zero-order valence-electron chi connectivity index (χ0n) is 20.2. The predicted molar refractivity (Wildman–Crippen MR) is 130 cm³/mol. The molecule has 5 nitrogen and oxygen atoms in total. The fourth-order valence-electron chi connectivity index (χ4n) is 5.08. The number of nitriles is 1. The quantitative estimate of drug-likeness (QED) is 0.360. The first-order valence-corrected chi connectivity index (χ1v) is 14.6. The van der Waals surface area contributed by atoms with E-state index in [1.807, 2.05) is 42.5 Å². The number of hydrogen-bond donors (Lipinski definition) is 0. The van der Waals surface area contributed by atoms with Crippen molar-refractivity contribution < 1.29 is 18.5 Å². The van der Waals surface area contributed by atoms with Gasteiger partial charge in [-0.25, -0.2) is 9.28 Å². The van der Waals surface area contributed by atoms with Gasteiger partial charge in [-0.15, -0.1) is 0 Å². The molecule has 2 heterocycles. The zero-order valence-corrected chi connectivity index (χ0v) is 21.2. The van der Waals surface area contributed by atoms with E-state index in [0.29, 0.717) is 25.1 Å². The van der Waals surface area contributed by atoms with Crippen LogP contribution in [-0.4, -0.2) is 43.2 Å². The van der Waals surface area contributed by atoms with E-state index in [2.05, 4.69) is 39.9 Å². The summed E-state index contributed by atoms with van der Waals surface area (Å²) in [7, 11) is -2.05. The third-order valence-corrected chi connectivity index (χ3v) is 12.4. The number of nitrogens with zero attached hydrogens (tertiary/aromatic N) is 2. The minimum absolute atomic E-state index is 0.0150. The van der Waals surface area contributed by atoms with Gasteiger partial charge in [0.2, 0.25) is 5.78 Å². The highest BCUT2D eigenvalue weighted by Gasteiger charge is 2.66. The lowest BCUT2D eigenvalue weighted by Gasteiger charge is -2.38. The highest BCUT2D eigenvalue weighted by Crippen LogP contribution is 2.46. The lowest BCUT2D eigenvalue weighted by atomic mass is 9.93. The van der Waals surface area contributed by atoms with Gasteiger partial charge in [0, 0.05) is 12.0 Å². The number of fused-ring (bicyclic) bond motifs is 1. The van der Waals surface area contributed by atoms with Crippen LogP contribution in [0.1, 0.15) is 49.8 Å². The summed E-state index contributed by atoms with van der Waals surface area (Å²) in [5.41, 5.74) is 2.32. The molecule has 0 aliphatic carbocycles.